The van der Waals surface area contributed by atoms with E-state index in [9.17, 15) is 44.7 Å². The summed E-state index contributed by atoms with van der Waals surface area (Å²) in [5.41, 5.74) is -3.39. The van der Waals surface area contributed by atoms with Crippen LogP contribution in [0.4, 0.5) is 32.0 Å². The zero-order valence-electron chi connectivity index (χ0n) is 20.2. The number of alkyl halides is 3. The van der Waals surface area contributed by atoms with E-state index in [2.05, 4.69) is 0 Å². The summed E-state index contributed by atoms with van der Waals surface area (Å²) in [6, 6.07) is 7.17. The van der Waals surface area contributed by atoms with Gasteiger partial charge in [-0.25, -0.2) is 21.6 Å². The van der Waals surface area contributed by atoms with Gasteiger partial charge in [0.15, 0.2) is 0 Å². The fourth-order valence-electron chi connectivity index (χ4n) is 4.65. The number of carboxylic acid groups (broad SMARTS) is 1. The highest BCUT2D eigenvalue weighted by Gasteiger charge is 2.50. The second-order valence-corrected chi connectivity index (χ2v) is 11.4. The van der Waals surface area contributed by atoms with Gasteiger partial charge in [0.05, 0.1) is 35.9 Å². The highest BCUT2D eigenvalue weighted by molar-refractivity contribution is 7.92. The smallest absolute Gasteiger partial charge is 0.416 e. The third-order valence-corrected chi connectivity index (χ3v) is 8.50. The van der Waals surface area contributed by atoms with E-state index in [0.29, 0.717) is 10.4 Å². The highest BCUT2D eigenvalue weighted by atomic mass is 32.2. The molecule has 0 aliphatic carbocycles. The lowest BCUT2D eigenvalue weighted by Crippen LogP contribution is -2.54. The molecule has 14 heteroatoms. The van der Waals surface area contributed by atoms with Crippen molar-refractivity contribution in [3.8, 4) is 16.9 Å². The predicted octanol–water partition coefficient (Wildman–Crippen LogP) is 5.24. The zero-order chi connectivity index (χ0) is 29.0. The van der Waals surface area contributed by atoms with E-state index < -0.39 is 68.1 Å². The van der Waals surface area contributed by atoms with Crippen LogP contribution in [0, 0.1) is 22.9 Å². The molecular formula is C26H19F6NO6S. The number of ether oxygens (including phenoxy) is 2. The number of carbonyl (C=O) groups is 1. The average molecular weight is 587 g/mol. The molecule has 0 bridgehead atoms. The summed E-state index contributed by atoms with van der Waals surface area (Å²) in [6.45, 7) is -0.909. The van der Waals surface area contributed by atoms with Gasteiger partial charge in [0, 0.05) is 12.0 Å². The average Bonchev–Trinajstić information content (AvgIpc) is 2.85. The van der Waals surface area contributed by atoms with Crippen molar-refractivity contribution < 1.29 is 54.1 Å². The number of hydrogen-bond donors (Lipinski definition) is 1. The third kappa shape index (κ3) is 4.96. The summed E-state index contributed by atoms with van der Waals surface area (Å²) >= 11 is 0. The maximum Gasteiger partial charge on any atom is 0.416 e. The van der Waals surface area contributed by atoms with Crippen LogP contribution in [-0.2, 0) is 25.7 Å². The molecule has 2 heterocycles. The number of hydrogen-bond acceptors (Lipinski definition) is 5. The van der Waals surface area contributed by atoms with Gasteiger partial charge in [0.2, 0.25) is 0 Å². The maximum atomic E-state index is 14.5. The van der Waals surface area contributed by atoms with Crippen LogP contribution in [0.25, 0.3) is 11.1 Å². The summed E-state index contributed by atoms with van der Waals surface area (Å²) in [5.74, 6) is -4.40. The first kappa shape index (κ1) is 27.8. The lowest BCUT2D eigenvalue weighted by atomic mass is 9.80. The summed E-state index contributed by atoms with van der Waals surface area (Å²) in [4.78, 5) is 10.9. The van der Waals surface area contributed by atoms with Crippen molar-refractivity contribution in [2.24, 2.45) is 5.41 Å². The molecule has 0 spiro atoms. The number of carboxylic acids is 1. The number of halogens is 6. The fraction of sp³-hybridized carbons (Fsp3) is 0.269. The van der Waals surface area contributed by atoms with Crippen molar-refractivity contribution in [3.05, 3.63) is 77.6 Å². The van der Waals surface area contributed by atoms with E-state index in [1.54, 1.807) is 0 Å². The summed E-state index contributed by atoms with van der Waals surface area (Å²) in [5, 5.41) is 9.68. The second-order valence-electron chi connectivity index (χ2n) is 9.54. The Morgan fingerprint density at radius 1 is 1.00 bits per heavy atom. The van der Waals surface area contributed by atoms with Crippen LogP contribution in [-0.4, -0.2) is 45.4 Å². The first-order valence-electron chi connectivity index (χ1n) is 11.7. The number of benzene rings is 3. The van der Waals surface area contributed by atoms with Gasteiger partial charge >= 0.3 is 12.1 Å². The van der Waals surface area contributed by atoms with E-state index in [1.165, 1.54) is 12.1 Å². The Balaban J connectivity index is 1.63. The predicted molar refractivity (Wildman–Crippen MR) is 128 cm³/mol. The maximum absolute atomic E-state index is 14.5. The van der Waals surface area contributed by atoms with Crippen molar-refractivity contribution in [1.82, 2.24) is 0 Å². The summed E-state index contributed by atoms with van der Waals surface area (Å²) in [7, 11) is -4.93. The van der Waals surface area contributed by atoms with Gasteiger partial charge in [-0.15, -0.1) is 0 Å². The van der Waals surface area contributed by atoms with Crippen LogP contribution in [0.15, 0.2) is 59.5 Å². The van der Waals surface area contributed by atoms with Crippen LogP contribution in [0.2, 0.25) is 0 Å². The number of sulfonamides is 1. The lowest BCUT2D eigenvalue weighted by Gasteiger charge is -2.42. The van der Waals surface area contributed by atoms with Gasteiger partial charge in [-0.05, 0) is 54.1 Å². The molecule has 212 valence electrons. The number of anilines is 1. The van der Waals surface area contributed by atoms with Crippen LogP contribution in [0.3, 0.4) is 0 Å². The van der Waals surface area contributed by atoms with Crippen LogP contribution in [0.5, 0.6) is 5.75 Å². The Morgan fingerprint density at radius 3 is 2.35 bits per heavy atom. The van der Waals surface area contributed by atoms with Gasteiger partial charge in [-0.3, -0.25) is 9.10 Å². The SMILES string of the molecule is O=C(O)C1(CC2CN(S(=O)(=O)c3cc(F)cc(C(F)(F)F)c3)c3cc(-c4cc(F)ccc4F)ccc3O2)COC1. The number of aliphatic carboxylic acids is 1. The molecule has 2 aliphatic heterocycles. The minimum absolute atomic E-state index is 0.0163. The summed E-state index contributed by atoms with van der Waals surface area (Å²) < 4.78 is 122. The van der Waals surface area contributed by atoms with Crippen molar-refractivity contribution >= 4 is 21.7 Å². The molecule has 1 unspecified atom stereocenters. The molecule has 2 aliphatic rings. The van der Waals surface area contributed by atoms with E-state index in [-0.39, 0.29) is 54.3 Å². The highest BCUT2D eigenvalue weighted by Crippen LogP contribution is 2.44. The molecule has 0 amide bonds. The topological polar surface area (TPSA) is 93.1 Å². The molecule has 0 aromatic heterocycles. The molecule has 3 aromatic carbocycles. The first-order valence-corrected chi connectivity index (χ1v) is 13.1. The molecule has 0 radical (unpaired) electrons. The Bertz CT molecular complexity index is 1610. The van der Waals surface area contributed by atoms with E-state index >= 15 is 0 Å². The Kier molecular flexibility index (Phi) is 6.73. The van der Waals surface area contributed by atoms with Crippen molar-refractivity contribution in [2.75, 3.05) is 24.1 Å². The summed E-state index contributed by atoms with van der Waals surface area (Å²) in [6.07, 6.45) is -6.38. The van der Waals surface area contributed by atoms with Gasteiger partial charge < -0.3 is 14.6 Å². The van der Waals surface area contributed by atoms with E-state index in [1.807, 2.05) is 0 Å². The molecule has 7 nitrogen and oxygen atoms in total. The third-order valence-electron chi connectivity index (χ3n) is 6.75. The lowest BCUT2D eigenvalue weighted by molar-refractivity contribution is -0.184. The number of rotatable bonds is 6. The monoisotopic (exact) mass is 587 g/mol. The fourth-order valence-corrected chi connectivity index (χ4v) is 6.20. The van der Waals surface area contributed by atoms with E-state index in [4.69, 9.17) is 9.47 Å². The van der Waals surface area contributed by atoms with Crippen molar-refractivity contribution in [1.29, 1.82) is 0 Å². The molecule has 1 fully saturated rings. The zero-order valence-corrected chi connectivity index (χ0v) is 21.0. The van der Waals surface area contributed by atoms with Gasteiger partial charge in [-0.2, -0.15) is 13.2 Å². The van der Waals surface area contributed by atoms with Gasteiger partial charge in [0.25, 0.3) is 10.0 Å². The number of nitrogens with zero attached hydrogens (tertiary/aromatic N) is 1. The second kappa shape index (κ2) is 9.70. The molecule has 1 N–H and O–H groups in total. The largest absolute Gasteiger partial charge is 0.486 e. The molecular weight excluding hydrogens is 568 g/mol. The minimum atomic E-state index is -5.06. The molecule has 5 rings (SSSR count). The Hall–Kier alpha value is -3.78. The van der Waals surface area contributed by atoms with Crippen LogP contribution < -0.4 is 9.04 Å². The van der Waals surface area contributed by atoms with Crippen LogP contribution >= 0.6 is 0 Å². The van der Waals surface area contributed by atoms with Crippen molar-refractivity contribution in [3.63, 3.8) is 0 Å². The Morgan fingerprint density at radius 2 is 1.73 bits per heavy atom. The molecule has 40 heavy (non-hydrogen) atoms. The standard InChI is InChI=1S/C26H19F6NO6S/c27-16-2-3-21(29)20(9-16)14-1-4-23-22(5-14)33(11-18(39-23)10-25(24(34)35)12-38-13-25)40(36,37)19-7-15(26(30,31)32)6-17(28)8-19/h1-9,18H,10-13H2,(H,34,35). The molecule has 3 aromatic rings. The van der Waals surface area contributed by atoms with Gasteiger partial charge in [0.1, 0.15) is 34.7 Å². The minimum Gasteiger partial charge on any atom is -0.486 e. The van der Waals surface area contributed by atoms with Crippen molar-refractivity contribution in [2.45, 2.75) is 23.6 Å². The molecule has 1 saturated heterocycles. The Labute approximate surface area is 223 Å². The normalized spacial score (nSPS) is 18.4. The van der Waals surface area contributed by atoms with E-state index in [0.717, 1.165) is 24.3 Å². The molecule has 1 atom stereocenters. The van der Waals surface area contributed by atoms with Crippen LogP contribution in [0.1, 0.15) is 12.0 Å². The quantitative estimate of drug-likeness (QED) is 0.397. The first-order chi connectivity index (χ1) is 18.7. The molecule has 0 saturated carbocycles. The van der Waals surface area contributed by atoms with Gasteiger partial charge in [-0.1, -0.05) is 6.07 Å². The number of fused-ring (bicyclic) bond motifs is 1.